The third-order valence-electron chi connectivity index (χ3n) is 1.84. The number of ether oxygens (including phenoxy) is 1. The molecule has 15 heavy (non-hydrogen) atoms. The van der Waals surface area contributed by atoms with Crippen LogP contribution in [-0.4, -0.2) is 42.5 Å². The van der Waals surface area contributed by atoms with Crippen LogP contribution in [-0.2, 0) is 9.53 Å². The number of benzene rings is 1. The van der Waals surface area contributed by atoms with E-state index in [9.17, 15) is 4.79 Å². The van der Waals surface area contributed by atoms with Gasteiger partial charge in [-0.25, -0.2) is 0 Å². The summed E-state index contributed by atoms with van der Waals surface area (Å²) in [6.07, 6.45) is 0. The van der Waals surface area contributed by atoms with Gasteiger partial charge in [0.15, 0.2) is 0 Å². The number of nitrogens with one attached hydrogen (secondary N) is 1. The van der Waals surface area contributed by atoms with Crippen molar-refractivity contribution in [1.29, 1.82) is 0 Å². The van der Waals surface area contributed by atoms with E-state index in [1.807, 2.05) is 18.2 Å². The molecule has 0 atom stereocenters. The van der Waals surface area contributed by atoms with E-state index in [4.69, 9.17) is 4.74 Å². The van der Waals surface area contributed by atoms with Crippen molar-refractivity contribution in [3.8, 4) is 0 Å². The molecule has 0 aliphatic rings. The molecule has 0 unspecified atom stereocenters. The van der Waals surface area contributed by atoms with Gasteiger partial charge in [-0.15, -0.1) is 0 Å². The standard InChI is InChI=1S/C9H9N3O2Se/c1-14-5-8(13)10-6-3-2-4-7-9(6)12-15-11-7/h2-4H,5H2,1H3,(H,10,13). The maximum absolute atomic E-state index is 11.3. The Labute approximate surface area is 92.7 Å². The third-order valence-corrected chi connectivity index (χ3v) is 2.97. The molecule has 0 saturated carbocycles. The first-order chi connectivity index (χ1) is 7.31. The molecule has 1 N–H and O–H groups in total. The molecule has 1 heterocycles. The summed E-state index contributed by atoms with van der Waals surface area (Å²) in [5, 5.41) is 2.74. The number of rotatable bonds is 3. The van der Waals surface area contributed by atoms with Crippen molar-refractivity contribution in [3.05, 3.63) is 18.2 Å². The molecule has 2 aromatic rings. The first-order valence-electron chi connectivity index (χ1n) is 4.31. The number of amides is 1. The molecular formula is C9H9N3O2Se. The first kappa shape index (κ1) is 10.3. The Morgan fingerprint density at radius 3 is 3.20 bits per heavy atom. The van der Waals surface area contributed by atoms with Crippen LogP contribution in [0.5, 0.6) is 0 Å². The Balaban J connectivity index is 2.27. The summed E-state index contributed by atoms with van der Waals surface area (Å²) in [6, 6.07) is 5.55. The number of anilines is 1. The van der Waals surface area contributed by atoms with Crippen LogP contribution in [0.4, 0.5) is 5.69 Å². The number of carbonyl (C=O) groups excluding carboxylic acids is 1. The fraction of sp³-hybridized carbons (Fsp3) is 0.222. The SMILES string of the molecule is COCC(=O)Nc1cccc2n[se]nc12. The van der Waals surface area contributed by atoms with E-state index in [0.717, 1.165) is 11.0 Å². The van der Waals surface area contributed by atoms with Crippen LogP contribution in [0.1, 0.15) is 0 Å². The molecule has 0 radical (unpaired) electrons. The van der Waals surface area contributed by atoms with Crippen molar-refractivity contribution in [2.45, 2.75) is 0 Å². The number of fused-ring (bicyclic) bond motifs is 1. The van der Waals surface area contributed by atoms with E-state index >= 15 is 0 Å². The fourth-order valence-electron chi connectivity index (χ4n) is 1.22. The molecule has 0 fully saturated rings. The van der Waals surface area contributed by atoms with Crippen LogP contribution in [0.25, 0.3) is 11.0 Å². The third kappa shape index (κ3) is 2.23. The van der Waals surface area contributed by atoms with Gasteiger partial charge >= 0.3 is 92.3 Å². The van der Waals surface area contributed by atoms with Gasteiger partial charge in [0.05, 0.1) is 0 Å². The van der Waals surface area contributed by atoms with E-state index in [1.54, 1.807) is 0 Å². The Bertz CT molecular complexity index is 483. The summed E-state index contributed by atoms with van der Waals surface area (Å²) < 4.78 is 13.2. The van der Waals surface area contributed by atoms with Gasteiger partial charge in [0.2, 0.25) is 0 Å². The van der Waals surface area contributed by atoms with Crippen LogP contribution >= 0.6 is 0 Å². The van der Waals surface area contributed by atoms with Gasteiger partial charge in [0.1, 0.15) is 0 Å². The number of methoxy groups -OCH3 is 1. The van der Waals surface area contributed by atoms with Crippen molar-refractivity contribution in [2.75, 3.05) is 19.0 Å². The zero-order valence-corrected chi connectivity index (χ0v) is 9.77. The van der Waals surface area contributed by atoms with Crippen molar-refractivity contribution in [1.82, 2.24) is 7.96 Å². The zero-order chi connectivity index (χ0) is 10.7. The second-order valence-electron chi connectivity index (χ2n) is 2.92. The summed E-state index contributed by atoms with van der Waals surface area (Å²) in [4.78, 5) is 11.3. The normalized spacial score (nSPS) is 10.5. The predicted molar refractivity (Wildman–Crippen MR) is 57.0 cm³/mol. The Morgan fingerprint density at radius 1 is 1.53 bits per heavy atom. The Kier molecular flexibility index (Phi) is 3.11. The van der Waals surface area contributed by atoms with Gasteiger partial charge in [-0.3, -0.25) is 0 Å². The number of hydrogen-bond donors (Lipinski definition) is 1. The van der Waals surface area contributed by atoms with E-state index in [2.05, 4.69) is 13.3 Å². The second kappa shape index (κ2) is 4.53. The molecule has 78 valence electrons. The van der Waals surface area contributed by atoms with Gasteiger partial charge in [0.25, 0.3) is 0 Å². The zero-order valence-electron chi connectivity index (χ0n) is 8.06. The van der Waals surface area contributed by atoms with Crippen LogP contribution in [0.15, 0.2) is 18.2 Å². The minimum absolute atomic E-state index is 0.0476. The van der Waals surface area contributed by atoms with Gasteiger partial charge < -0.3 is 0 Å². The summed E-state index contributed by atoms with van der Waals surface area (Å²) in [5.74, 6) is -0.180. The van der Waals surface area contributed by atoms with Gasteiger partial charge in [-0.05, 0) is 0 Å². The molecule has 2 rings (SSSR count). The van der Waals surface area contributed by atoms with Crippen molar-refractivity contribution in [3.63, 3.8) is 0 Å². The molecule has 0 spiro atoms. The van der Waals surface area contributed by atoms with Crippen LogP contribution in [0.3, 0.4) is 0 Å². The Morgan fingerprint density at radius 2 is 2.40 bits per heavy atom. The van der Waals surface area contributed by atoms with Crippen LogP contribution < -0.4 is 5.32 Å². The second-order valence-corrected chi connectivity index (χ2v) is 4.03. The summed E-state index contributed by atoms with van der Waals surface area (Å²) in [6.45, 7) is 0.0476. The van der Waals surface area contributed by atoms with E-state index < -0.39 is 0 Å². The van der Waals surface area contributed by atoms with Crippen LogP contribution in [0.2, 0.25) is 0 Å². The van der Waals surface area contributed by atoms with Crippen LogP contribution in [0, 0.1) is 0 Å². The van der Waals surface area contributed by atoms with E-state index in [-0.39, 0.29) is 27.5 Å². The van der Waals surface area contributed by atoms with Gasteiger partial charge in [-0.2, -0.15) is 0 Å². The summed E-state index contributed by atoms with van der Waals surface area (Å²) >= 11 is -0.0789. The van der Waals surface area contributed by atoms with Gasteiger partial charge in [-0.1, -0.05) is 0 Å². The quantitative estimate of drug-likeness (QED) is 0.813. The summed E-state index contributed by atoms with van der Waals surface area (Å²) in [7, 11) is 1.48. The number of aromatic nitrogens is 2. The molecule has 1 amide bonds. The van der Waals surface area contributed by atoms with Crippen molar-refractivity contribution >= 4 is 37.6 Å². The average Bonchev–Trinajstić information content (AvgIpc) is 2.67. The molecular weight excluding hydrogens is 261 g/mol. The molecule has 5 nitrogen and oxygen atoms in total. The molecule has 6 heteroatoms. The number of nitrogens with zero attached hydrogens (tertiary/aromatic N) is 2. The maximum atomic E-state index is 11.3. The molecule has 1 aromatic carbocycles. The van der Waals surface area contributed by atoms with Gasteiger partial charge in [0, 0.05) is 0 Å². The fourth-order valence-corrected chi connectivity index (χ4v) is 2.38. The minimum atomic E-state index is -0.180. The van der Waals surface area contributed by atoms with E-state index in [0.29, 0.717) is 5.69 Å². The first-order valence-corrected chi connectivity index (χ1v) is 5.84. The van der Waals surface area contributed by atoms with Crippen molar-refractivity contribution < 1.29 is 9.53 Å². The molecule has 0 bridgehead atoms. The summed E-state index contributed by atoms with van der Waals surface area (Å²) in [5.41, 5.74) is 2.34. The Hall–Kier alpha value is -1.23. The monoisotopic (exact) mass is 271 g/mol. The number of hydrogen-bond acceptors (Lipinski definition) is 4. The molecule has 0 saturated heterocycles. The average molecular weight is 270 g/mol. The molecule has 0 aliphatic carbocycles. The number of carbonyl (C=O) groups is 1. The topological polar surface area (TPSA) is 64.1 Å². The molecule has 1 aromatic heterocycles. The van der Waals surface area contributed by atoms with Crippen molar-refractivity contribution in [2.24, 2.45) is 0 Å². The predicted octanol–water partition coefficient (Wildman–Crippen LogP) is 0.272. The molecule has 0 aliphatic heterocycles. The van der Waals surface area contributed by atoms with E-state index in [1.165, 1.54) is 7.11 Å².